The fraction of sp³-hybridized carbons (Fsp3) is 0.500. The topological polar surface area (TPSA) is 47.3 Å². The van der Waals surface area contributed by atoms with Crippen molar-refractivity contribution >= 4 is 5.69 Å². The molecule has 0 aliphatic carbocycles. The molecule has 0 aromatic heterocycles. The van der Waals surface area contributed by atoms with Crippen LogP contribution >= 0.6 is 0 Å². The van der Waals surface area contributed by atoms with Crippen LogP contribution in [-0.4, -0.2) is 12.6 Å². The Bertz CT molecular complexity index is 349. The van der Waals surface area contributed by atoms with Crippen LogP contribution in [0.2, 0.25) is 0 Å². The molecule has 1 aliphatic rings. The highest BCUT2D eigenvalue weighted by atomic mass is 16.5. The third kappa shape index (κ3) is 2.07. The third-order valence-electron chi connectivity index (χ3n) is 2.64. The Morgan fingerprint density at radius 1 is 1.47 bits per heavy atom. The predicted octanol–water partition coefficient (Wildman–Crippen LogP) is 2.09. The minimum absolute atomic E-state index is 0.372. The highest BCUT2D eigenvalue weighted by Crippen LogP contribution is 2.36. The first kappa shape index (κ1) is 10.3. The largest absolute Gasteiger partial charge is 0.491 e. The van der Waals surface area contributed by atoms with Crippen LogP contribution in [0.5, 0.6) is 5.75 Å². The van der Waals surface area contributed by atoms with Gasteiger partial charge in [0.2, 0.25) is 0 Å². The van der Waals surface area contributed by atoms with Crippen molar-refractivity contribution in [1.82, 2.24) is 5.32 Å². The van der Waals surface area contributed by atoms with Gasteiger partial charge in [-0.25, -0.2) is 0 Å². The van der Waals surface area contributed by atoms with E-state index in [1.54, 1.807) is 0 Å². The molecule has 0 spiro atoms. The average molecular weight is 206 g/mol. The van der Waals surface area contributed by atoms with Gasteiger partial charge in [-0.05, 0) is 6.07 Å². The van der Waals surface area contributed by atoms with Crippen LogP contribution in [0, 0.1) is 0 Å². The summed E-state index contributed by atoms with van der Waals surface area (Å²) < 4.78 is 5.60. The molecule has 3 nitrogen and oxygen atoms in total. The van der Waals surface area contributed by atoms with Crippen molar-refractivity contribution in [3.05, 3.63) is 23.8 Å². The monoisotopic (exact) mass is 206 g/mol. The number of hydrogen-bond acceptors (Lipinski definition) is 3. The second-order valence-corrected chi connectivity index (χ2v) is 4.28. The van der Waals surface area contributed by atoms with Gasteiger partial charge in [0.15, 0.2) is 0 Å². The van der Waals surface area contributed by atoms with Gasteiger partial charge < -0.3 is 15.8 Å². The maximum Gasteiger partial charge on any atom is 0.146 e. The Kier molecular flexibility index (Phi) is 2.82. The van der Waals surface area contributed by atoms with E-state index in [-0.39, 0.29) is 0 Å². The summed E-state index contributed by atoms with van der Waals surface area (Å²) in [6.45, 7) is 5.05. The molecule has 82 valence electrons. The van der Waals surface area contributed by atoms with Gasteiger partial charge in [0.1, 0.15) is 5.75 Å². The van der Waals surface area contributed by atoms with E-state index in [4.69, 9.17) is 10.5 Å². The Hall–Kier alpha value is -1.22. The van der Waals surface area contributed by atoms with Gasteiger partial charge in [-0.1, -0.05) is 26.0 Å². The molecule has 1 aliphatic heterocycles. The molecule has 1 aromatic rings. The molecule has 0 fully saturated rings. The molecule has 1 atom stereocenters. The molecule has 0 bridgehead atoms. The zero-order valence-electron chi connectivity index (χ0n) is 9.29. The van der Waals surface area contributed by atoms with Crippen LogP contribution in [0.3, 0.4) is 0 Å². The number of nitrogen functional groups attached to an aromatic ring is 1. The van der Waals surface area contributed by atoms with Crippen molar-refractivity contribution in [3.63, 3.8) is 0 Å². The van der Waals surface area contributed by atoms with Gasteiger partial charge in [0, 0.05) is 24.1 Å². The van der Waals surface area contributed by atoms with Crippen molar-refractivity contribution in [2.24, 2.45) is 0 Å². The Morgan fingerprint density at radius 3 is 3.00 bits per heavy atom. The number of rotatable bonds is 2. The lowest BCUT2D eigenvalue weighted by atomic mass is 9.99. The minimum atomic E-state index is 0.372. The van der Waals surface area contributed by atoms with Crippen LogP contribution in [0.1, 0.15) is 31.9 Å². The standard InChI is InChI=1S/C12H18N2O/c1-8(2)14-11-6-7-15-12-9(11)4-3-5-10(12)13/h3-5,8,11,14H,6-7,13H2,1-2H3. The van der Waals surface area contributed by atoms with Crippen molar-refractivity contribution in [3.8, 4) is 5.75 Å². The summed E-state index contributed by atoms with van der Waals surface area (Å²) in [6, 6.07) is 6.80. The maximum absolute atomic E-state index is 5.88. The van der Waals surface area contributed by atoms with Crippen molar-refractivity contribution in [2.75, 3.05) is 12.3 Å². The number of benzene rings is 1. The first-order valence-electron chi connectivity index (χ1n) is 5.45. The minimum Gasteiger partial charge on any atom is -0.491 e. The highest BCUT2D eigenvalue weighted by molar-refractivity contribution is 5.58. The van der Waals surface area contributed by atoms with E-state index in [1.807, 2.05) is 12.1 Å². The van der Waals surface area contributed by atoms with Gasteiger partial charge >= 0.3 is 0 Å². The van der Waals surface area contributed by atoms with E-state index < -0.39 is 0 Å². The van der Waals surface area contributed by atoms with Crippen LogP contribution in [-0.2, 0) is 0 Å². The lowest BCUT2D eigenvalue weighted by molar-refractivity contribution is 0.249. The second-order valence-electron chi connectivity index (χ2n) is 4.28. The number of ether oxygens (including phenoxy) is 1. The predicted molar refractivity (Wildman–Crippen MR) is 62.0 cm³/mol. The van der Waals surface area contributed by atoms with E-state index in [0.29, 0.717) is 12.1 Å². The maximum atomic E-state index is 5.88. The first-order valence-corrected chi connectivity index (χ1v) is 5.45. The van der Waals surface area contributed by atoms with Gasteiger partial charge in [-0.3, -0.25) is 0 Å². The van der Waals surface area contributed by atoms with Crippen LogP contribution in [0.25, 0.3) is 0 Å². The normalized spacial score (nSPS) is 19.8. The number of para-hydroxylation sites is 1. The smallest absolute Gasteiger partial charge is 0.146 e. The Morgan fingerprint density at radius 2 is 2.27 bits per heavy atom. The first-order chi connectivity index (χ1) is 7.18. The molecule has 0 amide bonds. The van der Waals surface area contributed by atoms with Crippen LogP contribution < -0.4 is 15.8 Å². The van der Waals surface area contributed by atoms with Crippen molar-refractivity contribution in [1.29, 1.82) is 0 Å². The molecule has 2 rings (SSSR count). The molecule has 0 saturated carbocycles. The van der Waals surface area contributed by atoms with Gasteiger partial charge in [0.05, 0.1) is 12.3 Å². The molecule has 1 heterocycles. The fourth-order valence-corrected chi connectivity index (χ4v) is 2.02. The Balaban J connectivity index is 2.30. The zero-order chi connectivity index (χ0) is 10.8. The van der Waals surface area contributed by atoms with Crippen LogP contribution in [0.4, 0.5) is 5.69 Å². The summed E-state index contributed by atoms with van der Waals surface area (Å²) in [5.74, 6) is 0.863. The molecule has 3 heteroatoms. The molecule has 1 aromatic carbocycles. The number of nitrogens with two attached hydrogens (primary N) is 1. The number of fused-ring (bicyclic) bond motifs is 1. The van der Waals surface area contributed by atoms with E-state index in [0.717, 1.165) is 24.5 Å². The fourth-order valence-electron chi connectivity index (χ4n) is 2.02. The summed E-state index contributed by atoms with van der Waals surface area (Å²) in [4.78, 5) is 0. The van der Waals surface area contributed by atoms with E-state index >= 15 is 0 Å². The molecule has 15 heavy (non-hydrogen) atoms. The molecular weight excluding hydrogens is 188 g/mol. The second kappa shape index (κ2) is 4.11. The number of hydrogen-bond donors (Lipinski definition) is 2. The third-order valence-corrected chi connectivity index (χ3v) is 2.64. The van der Waals surface area contributed by atoms with Crippen molar-refractivity contribution in [2.45, 2.75) is 32.4 Å². The van der Waals surface area contributed by atoms with Gasteiger partial charge in [0.25, 0.3) is 0 Å². The average Bonchev–Trinajstić information content (AvgIpc) is 2.19. The summed E-state index contributed by atoms with van der Waals surface area (Å²) in [5, 5.41) is 3.53. The number of anilines is 1. The molecule has 1 unspecified atom stereocenters. The van der Waals surface area contributed by atoms with E-state index in [9.17, 15) is 0 Å². The highest BCUT2D eigenvalue weighted by Gasteiger charge is 2.22. The quantitative estimate of drug-likeness (QED) is 0.728. The van der Waals surface area contributed by atoms with Gasteiger partial charge in [-0.15, -0.1) is 0 Å². The van der Waals surface area contributed by atoms with Gasteiger partial charge in [-0.2, -0.15) is 0 Å². The van der Waals surface area contributed by atoms with E-state index in [2.05, 4.69) is 25.2 Å². The molecule has 0 radical (unpaired) electrons. The molecule has 0 saturated heterocycles. The number of nitrogens with one attached hydrogen (secondary N) is 1. The van der Waals surface area contributed by atoms with E-state index in [1.165, 1.54) is 5.56 Å². The summed E-state index contributed by atoms with van der Waals surface area (Å²) >= 11 is 0. The lowest BCUT2D eigenvalue weighted by Gasteiger charge is -2.29. The lowest BCUT2D eigenvalue weighted by Crippen LogP contribution is -2.32. The Labute approximate surface area is 90.6 Å². The summed E-state index contributed by atoms with van der Waals surface area (Å²) in [7, 11) is 0. The summed E-state index contributed by atoms with van der Waals surface area (Å²) in [5.41, 5.74) is 7.81. The molecule has 3 N–H and O–H groups in total. The zero-order valence-corrected chi connectivity index (χ0v) is 9.29. The van der Waals surface area contributed by atoms with Crippen molar-refractivity contribution < 1.29 is 4.74 Å². The summed E-state index contributed by atoms with van der Waals surface area (Å²) in [6.07, 6.45) is 1.01. The molecular formula is C12H18N2O. The van der Waals surface area contributed by atoms with Crippen LogP contribution in [0.15, 0.2) is 18.2 Å². The SMILES string of the molecule is CC(C)NC1CCOc2c(N)cccc21.